The Balaban J connectivity index is 1.99. The molecule has 1 unspecified atom stereocenters. The van der Waals surface area contributed by atoms with E-state index < -0.39 is 0 Å². The summed E-state index contributed by atoms with van der Waals surface area (Å²) in [5, 5.41) is 0. The third-order valence-corrected chi connectivity index (χ3v) is 4.78. The van der Waals surface area contributed by atoms with Gasteiger partial charge in [-0.3, -0.25) is 9.69 Å². The number of rotatable bonds is 3. The average Bonchev–Trinajstić information content (AvgIpc) is 2.48. The van der Waals surface area contributed by atoms with Crippen molar-refractivity contribution in [3.8, 4) is 0 Å². The molecule has 1 aromatic carbocycles. The van der Waals surface area contributed by atoms with E-state index in [1.807, 2.05) is 17.0 Å². The SMILES string of the molecule is CCC(C)N1CCN(C(=O)c2ccc(Br)c(N)c2)CC1. The number of carbonyl (C=O) groups is 1. The maximum Gasteiger partial charge on any atom is 0.254 e. The molecule has 1 aliphatic heterocycles. The van der Waals surface area contributed by atoms with Gasteiger partial charge in [-0.15, -0.1) is 0 Å². The third kappa shape index (κ3) is 3.33. The molecule has 1 heterocycles. The number of hydrogen-bond acceptors (Lipinski definition) is 3. The van der Waals surface area contributed by atoms with Crippen molar-refractivity contribution in [3.05, 3.63) is 28.2 Å². The van der Waals surface area contributed by atoms with Crippen molar-refractivity contribution in [2.45, 2.75) is 26.3 Å². The van der Waals surface area contributed by atoms with Crippen LogP contribution in [-0.2, 0) is 0 Å². The van der Waals surface area contributed by atoms with Crippen LogP contribution in [0.3, 0.4) is 0 Å². The lowest BCUT2D eigenvalue weighted by Crippen LogP contribution is -2.51. The molecule has 0 saturated carbocycles. The highest BCUT2D eigenvalue weighted by atomic mass is 79.9. The van der Waals surface area contributed by atoms with E-state index in [1.54, 1.807) is 6.07 Å². The molecule has 1 fully saturated rings. The molecule has 20 heavy (non-hydrogen) atoms. The lowest BCUT2D eigenvalue weighted by Gasteiger charge is -2.37. The molecule has 110 valence electrons. The van der Waals surface area contributed by atoms with Crippen LogP contribution in [0.15, 0.2) is 22.7 Å². The number of anilines is 1. The molecule has 2 N–H and O–H groups in total. The number of carbonyl (C=O) groups excluding carboxylic acids is 1. The lowest BCUT2D eigenvalue weighted by atomic mass is 10.1. The number of nitrogens with zero attached hydrogens (tertiary/aromatic N) is 2. The van der Waals surface area contributed by atoms with Gasteiger partial charge in [0.1, 0.15) is 0 Å². The lowest BCUT2D eigenvalue weighted by molar-refractivity contribution is 0.0579. The van der Waals surface area contributed by atoms with Crippen molar-refractivity contribution in [1.82, 2.24) is 9.80 Å². The summed E-state index contributed by atoms with van der Waals surface area (Å²) in [7, 11) is 0. The molecule has 1 amide bonds. The van der Waals surface area contributed by atoms with Crippen LogP contribution in [0.25, 0.3) is 0 Å². The van der Waals surface area contributed by atoms with Crippen LogP contribution >= 0.6 is 15.9 Å². The van der Waals surface area contributed by atoms with E-state index in [1.165, 1.54) is 0 Å². The second kappa shape index (κ2) is 6.59. The number of nitrogens with two attached hydrogens (primary N) is 1. The summed E-state index contributed by atoms with van der Waals surface area (Å²) in [5.41, 5.74) is 7.12. The summed E-state index contributed by atoms with van der Waals surface area (Å²) in [5.74, 6) is 0.0769. The molecule has 1 saturated heterocycles. The van der Waals surface area contributed by atoms with Crippen molar-refractivity contribution < 1.29 is 4.79 Å². The average molecular weight is 340 g/mol. The fraction of sp³-hybridized carbons (Fsp3) is 0.533. The van der Waals surface area contributed by atoms with Crippen molar-refractivity contribution in [2.75, 3.05) is 31.9 Å². The highest BCUT2D eigenvalue weighted by molar-refractivity contribution is 9.10. The van der Waals surface area contributed by atoms with Gasteiger partial charge >= 0.3 is 0 Å². The van der Waals surface area contributed by atoms with Gasteiger partial charge in [0.2, 0.25) is 0 Å². The molecule has 0 radical (unpaired) electrons. The Morgan fingerprint density at radius 1 is 1.35 bits per heavy atom. The van der Waals surface area contributed by atoms with E-state index in [9.17, 15) is 4.79 Å². The topological polar surface area (TPSA) is 49.6 Å². The predicted octanol–water partition coefficient (Wildman–Crippen LogP) is 2.59. The smallest absolute Gasteiger partial charge is 0.254 e. The second-order valence-electron chi connectivity index (χ2n) is 5.32. The van der Waals surface area contributed by atoms with Crippen molar-refractivity contribution in [1.29, 1.82) is 0 Å². The number of piperazine rings is 1. The molecule has 0 spiro atoms. The van der Waals surface area contributed by atoms with Crippen LogP contribution in [-0.4, -0.2) is 47.9 Å². The molecular weight excluding hydrogens is 318 g/mol. The summed E-state index contributed by atoms with van der Waals surface area (Å²) in [6.07, 6.45) is 1.15. The largest absolute Gasteiger partial charge is 0.398 e. The van der Waals surface area contributed by atoms with Gasteiger partial charge in [0.15, 0.2) is 0 Å². The summed E-state index contributed by atoms with van der Waals surface area (Å²) >= 11 is 3.35. The van der Waals surface area contributed by atoms with E-state index >= 15 is 0 Å². The molecule has 4 nitrogen and oxygen atoms in total. The standard InChI is InChI=1S/C15H22BrN3O/c1-3-11(2)18-6-8-19(9-7-18)15(20)12-4-5-13(16)14(17)10-12/h4-5,10-11H,3,6-9,17H2,1-2H3. The van der Waals surface area contributed by atoms with Gasteiger partial charge in [0.25, 0.3) is 5.91 Å². The summed E-state index contributed by atoms with van der Waals surface area (Å²) < 4.78 is 0.829. The fourth-order valence-corrected chi connectivity index (χ4v) is 2.73. The molecule has 0 aliphatic carbocycles. The number of amides is 1. The van der Waals surface area contributed by atoms with Crippen LogP contribution in [0, 0.1) is 0 Å². The zero-order valence-corrected chi connectivity index (χ0v) is 13.7. The molecule has 0 bridgehead atoms. The zero-order chi connectivity index (χ0) is 14.7. The van der Waals surface area contributed by atoms with E-state index in [0.717, 1.165) is 37.1 Å². The monoisotopic (exact) mass is 339 g/mol. The van der Waals surface area contributed by atoms with Crippen molar-refractivity contribution >= 4 is 27.5 Å². The van der Waals surface area contributed by atoms with Crippen LogP contribution < -0.4 is 5.73 Å². The Kier molecular flexibility index (Phi) is 5.05. The zero-order valence-electron chi connectivity index (χ0n) is 12.1. The van der Waals surface area contributed by atoms with Gasteiger partial charge in [-0.1, -0.05) is 6.92 Å². The van der Waals surface area contributed by atoms with Crippen LogP contribution in [0.5, 0.6) is 0 Å². The first kappa shape index (κ1) is 15.3. The van der Waals surface area contributed by atoms with E-state index in [2.05, 4.69) is 34.7 Å². The van der Waals surface area contributed by atoms with Crippen molar-refractivity contribution in [2.24, 2.45) is 0 Å². The minimum Gasteiger partial charge on any atom is -0.398 e. The van der Waals surface area contributed by atoms with Gasteiger partial charge < -0.3 is 10.6 Å². The normalized spacial score (nSPS) is 18.1. The van der Waals surface area contributed by atoms with Gasteiger partial charge in [-0.2, -0.15) is 0 Å². The number of halogens is 1. The molecule has 5 heteroatoms. The minimum atomic E-state index is 0.0769. The molecule has 1 aliphatic rings. The first-order valence-corrected chi connectivity index (χ1v) is 7.90. The minimum absolute atomic E-state index is 0.0769. The summed E-state index contributed by atoms with van der Waals surface area (Å²) in [6, 6.07) is 5.99. The Morgan fingerprint density at radius 3 is 2.55 bits per heavy atom. The molecule has 1 atom stereocenters. The van der Waals surface area contributed by atoms with E-state index in [4.69, 9.17) is 5.73 Å². The van der Waals surface area contributed by atoms with Crippen molar-refractivity contribution in [3.63, 3.8) is 0 Å². The molecule has 1 aromatic rings. The maximum absolute atomic E-state index is 12.4. The molecule has 0 aromatic heterocycles. The van der Waals surface area contributed by atoms with Gasteiger partial charge in [-0.05, 0) is 47.5 Å². The Morgan fingerprint density at radius 2 is 2.00 bits per heavy atom. The quantitative estimate of drug-likeness (QED) is 0.861. The highest BCUT2D eigenvalue weighted by Crippen LogP contribution is 2.21. The van der Waals surface area contributed by atoms with Gasteiger partial charge in [-0.25, -0.2) is 0 Å². The number of hydrogen-bond donors (Lipinski definition) is 1. The molecular formula is C15H22BrN3O. The summed E-state index contributed by atoms with van der Waals surface area (Å²) in [6.45, 7) is 7.93. The highest BCUT2D eigenvalue weighted by Gasteiger charge is 2.24. The van der Waals surface area contributed by atoms with Gasteiger partial charge in [0.05, 0.1) is 0 Å². The van der Waals surface area contributed by atoms with E-state index in [-0.39, 0.29) is 5.91 Å². The predicted molar refractivity (Wildman–Crippen MR) is 85.8 cm³/mol. The first-order chi connectivity index (χ1) is 9.52. The maximum atomic E-state index is 12.4. The van der Waals surface area contributed by atoms with Crippen LogP contribution in [0.2, 0.25) is 0 Å². The Bertz CT molecular complexity index is 484. The van der Waals surface area contributed by atoms with Crippen LogP contribution in [0.1, 0.15) is 30.6 Å². The fourth-order valence-electron chi connectivity index (χ4n) is 2.48. The number of benzene rings is 1. The third-order valence-electron chi connectivity index (χ3n) is 4.06. The first-order valence-electron chi connectivity index (χ1n) is 7.11. The number of nitrogen functional groups attached to an aromatic ring is 1. The van der Waals surface area contributed by atoms with Gasteiger partial charge in [0, 0.05) is 47.9 Å². The second-order valence-corrected chi connectivity index (χ2v) is 6.18. The Hall–Kier alpha value is -1.07. The molecule has 2 rings (SSSR count). The van der Waals surface area contributed by atoms with Crippen LogP contribution in [0.4, 0.5) is 5.69 Å². The Labute approximate surface area is 129 Å². The van der Waals surface area contributed by atoms with E-state index in [0.29, 0.717) is 17.3 Å². The summed E-state index contributed by atoms with van der Waals surface area (Å²) in [4.78, 5) is 16.8.